The van der Waals surface area contributed by atoms with E-state index in [-0.39, 0.29) is 17.4 Å². The molecule has 0 unspecified atom stereocenters. The van der Waals surface area contributed by atoms with Crippen LogP contribution in [0.2, 0.25) is 0 Å². The highest BCUT2D eigenvalue weighted by Gasteiger charge is 2.19. The number of aryl methyl sites for hydroxylation is 1. The highest BCUT2D eigenvalue weighted by atomic mass is 32.1. The van der Waals surface area contributed by atoms with Crippen molar-refractivity contribution < 1.29 is 9.53 Å². The molecule has 0 fully saturated rings. The van der Waals surface area contributed by atoms with E-state index in [1.54, 1.807) is 4.57 Å². The van der Waals surface area contributed by atoms with E-state index in [0.717, 1.165) is 22.6 Å². The predicted octanol–water partition coefficient (Wildman–Crippen LogP) is 1.56. The van der Waals surface area contributed by atoms with Gasteiger partial charge in [0, 0.05) is 17.0 Å². The van der Waals surface area contributed by atoms with E-state index >= 15 is 0 Å². The van der Waals surface area contributed by atoms with Gasteiger partial charge in [-0.2, -0.15) is 0 Å². The topological polar surface area (TPSA) is 86.4 Å². The zero-order valence-corrected chi connectivity index (χ0v) is 13.0. The number of nitrogens with two attached hydrogens (primary N) is 1. The van der Waals surface area contributed by atoms with Gasteiger partial charge in [0.1, 0.15) is 5.75 Å². The summed E-state index contributed by atoms with van der Waals surface area (Å²) < 4.78 is 7.11. The highest BCUT2D eigenvalue weighted by molar-refractivity contribution is 7.09. The first-order valence-electron chi connectivity index (χ1n) is 7.07. The number of carbonyl (C=O) groups is 1. The fraction of sp³-hybridized carbons (Fsp3) is 0.333. The van der Waals surface area contributed by atoms with Gasteiger partial charge < -0.3 is 15.8 Å². The summed E-state index contributed by atoms with van der Waals surface area (Å²) in [6.45, 7) is 3.09. The summed E-state index contributed by atoms with van der Waals surface area (Å²) in [5, 5.41) is 2.79. The number of nitrogens with one attached hydrogen (secondary N) is 1. The van der Waals surface area contributed by atoms with Crippen LogP contribution in [0, 0.1) is 6.92 Å². The predicted molar refractivity (Wildman–Crippen MR) is 86.5 cm³/mol. The van der Waals surface area contributed by atoms with E-state index in [2.05, 4.69) is 5.32 Å². The van der Waals surface area contributed by atoms with Gasteiger partial charge in [-0.05, 0) is 38.1 Å². The lowest BCUT2D eigenvalue weighted by Crippen LogP contribution is -2.25. The second-order valence-electron chi connectivity index (χ2n) is 5.11. The van der Waals surface area contributed by atoms with Gasteiger partial charge in [-0.3, -0.25) is 14.2 Å². The van der Waals surface area contributed by atoms with E-state index in [4.69, 9.17) is 10.5 Å². The van der Waals surface area contributed by atoms with Gasteiger partial charge in [0.05, 0.1) is 11.4 Å². The fourth-order valence-corrected chi connectivity index (χ4v) is 3.44. The maximum atomic E-state index is 12.1. The third-order valence-electron chi connectivity index (χ3n) is 3.54. The maximum Gasteiger partial charge on any atom is 0.307 e. The minimum Gasteiger partial charge on any atom is -0.482 e. The largest absolute Gasteiger partial charge is 0.482 e. The molecule has 1 aromatic carbocycles. The van der Waals surface area contributed by atoms with Gasteiger partial charge in [-0.1, -0.05) is 11.3 Å². The number of benzene rings is 1. The second kappa shape index (κ2) is 5.94. The Morgan fingerprint density at radius 3 is 3.00 bits per heavy atom. The number of anilines is 1. The van der Waals surface area contributed by atoms with E-state index in [1.807, 2.05) is 25.1 Å². The summed E-state index contributed by atoms with van der Waals surface area (Å²) >= 11 is 1.23. The van der Waals surface area contributed by atoms with Gasteiger partial charge in [0.25, 0.3) is 5.91 Å². The van der Waals surface area contributed by atoms with Crippen molar-refractivity contribution in [3.63, 3.8) is 0 Å². The zero-order valence-electron chi connectivity index (χ0n) is 12.2. The van der Waals surface area contributed by atoms with Crippen molar-refractivity contribution in [3.8, 4) is 17.0 Å². The van der Waals surface area contributed by atoms with Gasteiger partial charge in [-0.15, -0.1) is 0 Å². The molecule has 22 heavy (non-hydrogen) atoms. The number of amides is 1. The number of ether oxygens (including phenoxy) is 1. The summed E-state index contributed by atoms with van der Waals surface area (Å²) in [4.78, 5) is 24.5. The van der Waals surface area contributed by atoms with Crippen LogP contribution in [0.15, 0.2) is 23.0 Å². The fourth-order valence-electron chi connectivity index (χ4n) is 2.56. The molecule has 116 valence electrons. The molecule has 7 heteroatoms. The van der Waals surface area contributed by atoms with Gasteiger partial charge in [-0.25, -0.2) is 0 Å². The van der Waals surface area contributed by atoms with Crippen LogP contribution in [-0.4, -0.2) is 23.6 Å². The van der Waals surface area contributed by atoms with Crippen LogP contribution in [0.5, 0.6) is 5.75 Å². The van der Waals surface area contributed by atoms with Crippen molar-refractivity contribution in [1.29, 1.82) is 0 Å². The second-order valence-corrected chi connectivity index (χ2v) is 6.28. The third kappa shape index (κ3) is 2.65. The molecule has 0 atom stereocenters. The van der Waals surface area contributed by atoms with Crippen LogP contribution in [-0.2, 0) is 11.3 Å². The summed E-state index contributed by atoms with van der Waals surface area (Å²) in [7, 11) is 0. The molecule has 2 aromatic rings. The SMILES string of the molecule is Cc1sc(=O)n(CCCN)c1-c1ccc2c(c1)NC(=O)CO2. The molecule has 6 nitrogen and oxygen atoms in total. The molecule has 0 bridgehead atoms. The Bertz CT molecular complexity index is 779. The number of thiazole rings is 1. The smallest absolute Gasteiger partial charge is 0.307 e. The Kier molecular flexibility index (Phi) is 4.00. The number of rotatable bonds is 4. The molecule has 0 saturated heterocycles. The van der Waals surface area contributed by atoms with Crippen molar-refractivity contribution in [2.24, 2.45) is 5.73 Å². The van der Waals surface area contributed by atoms with Crippen LogP contribution in [0.3, 0.4) is 0 Å². The van der Waals surface area contributed by atoms with Gasteiger partial charge in [0.2, 0.25) is 0 Å². The number of aromatic nitrogens is 1. The average Bonchev–Trinajstić information content (AvgIpc) is 2.78. The third-order valence-corrected chi connectivity index (χ3v) is 4.43. The molecular formula is C15H17N3O3S. The Morgan fingerprint density at radius 1 is 1.41 bits per heavy atom. The Labute approximate surface area is 131 Å². The Morgan fingerprint density at radius 2 is 2.23 bits per heavy atom. The van der Waals surface area contributed by atoms with Crippen LogP contribution in [0.4, 0.5) is 5.69 Å². The number of carbonyl (C=O) groups excluding carboxylic acids is 1. The van der Waals surface area contributed by atoms with Crippen LogP contribution >= 0.6 is 11.3 Å². The molecule has 0 radical (unpaired) electrons. The Hall–Kier alpha value is -2.12. The minimum atomic E-state index is -0.174. The number of hydrogen-bond donors (Lipinski definition) is 2. The summed E-state index contributed by atoms with van der Waals surface area (Å²) in [5.74, 6) is 0.472. The monoisotopic (exact) mass is 319 g/mol. The first-order chi connectivity index (χ1) is 10.6. The molecular weight excluding hydrogens is 302 g/mol. The van der Waals surface area contributed by atoms with Crippen molar-refractivity contribution >= 4 is 22.9 Å². The Balaban J connectivity index is 2.06. The van der Waals surface area contributed by atoms with Crippen molar-refractivity contribution in [2.45, 2.75) is 19.9 Å². The van der Waals surface area contributed by atoms with Crippen LogP contribution in [0.1, 0.15) is 11.3 Å². The van der Waals surface area contributed by atoms with Crippen molar-refractivity contribution in [3.05, 3.63) is 32.7 Å². The van der Waals surface area contributed by atoms with E-state index in [0.29, 0.717) is 24.5 Å². The summed E-state index contributed by atoms with van der Waals surface area (Å²) in [5.41, 5.74) is 7.96. The standard InChI is InChI=1S/C15H17N3O3S/c1-9-14(18(6-2-5-16)15(20)22-9)10-3-4-12-11(7-10)17-13(19)8-21-12/h3-4,7H,2,5-6,8,16H2,1H3,(H,17,19). The summed E-state index contributed by atoms with van der Waals surface area (Å²) in [6, 6.07) is 5.57. The number of nitrogens with zero attached hydrogens (tertiary/aromatic N) is 1. The lowest BCUT2D eigenvalue weighted by atomic mass is 10.1. The quantitative estimate of drug-likeness (QED) is 0.895. The minimum absolute atomic E-state index is 0.0129. The lowest BCUT2D eigenvalue weighted by molar-refractivity contribution is -0.118. The van der Waals surface area contributed by atoms with Crippen molar-refractivity contribution in [2.75, 3.05) is 18.5 Å². The normalized spacial score (nSPS) is 13.5. The molecule has 1 aliphatic heterocycles. The molecule has 0 aliphatic carbocycles. The molecule has 3 rings (SSSR count). The van der Waals surface area contributed by atoms with Gasteiger partial charge in [0.15, 0.2) is 6.61 Å². The molecule has 3 N–H and O–H groups in total. The van der Waals surface area contributed by atoms with Crippen LogP contribution < -0.4 is 20.7 Å². The van der Waals surface area contributed by atoms with Crippen LogP contribution in [0.25, 0.3) is 11.3 Å². The number of fused-ring (bicyclic) bond motifs is 1. The molecule has 0 saturated carbocycles. The molecule has 2 heterocycles. The molecule has 1 amide bonds. The molecule has 1 aliphatic rings. The average molecular weight is 319 g/mol. The van der Waals surface area contributed by atoms with E-state index in [1.165, 1.54) is 11.3 Å². The van der Waals surface area contributed by atoms with E-state index < -0.39 is 0 Å². The number of hydrogen-bond acceptors (Lipinski definition) is 5. The first kappa shape index (κ1) is 14.8. The van der Waals surface area contributed by atoms with E-state index in [9.17, 15) is 9.59 Å². The maximum absolute atomic E-state index is 12.1. The highest BCUT2D eigenvalue weighted by Crippen LogP contribution is 2.34. The summed E-state index contributed by atoms with van der Waals surface area (Å²) in [6.07, 6.45) is 0.744. The first-order valence-corrected chi connectivity index (χ1v) is 7.89. The van der Waals surface area contributed by atoms with Gasteiger partial charge >= 0.3 is 4.87 Å². The molecule has 1 aromatic heterocycles. The van der Waals surface area contributed by atoms with Crippen molar-refractivity contribution in [1.82, 2.24) is 4.57 Å². The zero-order chi connectivity index (χ0) is 15.7. The molecule has 0 spiro atoms. The lowest BCUT2D eigenvalue weighted by Gasteiger charge is -2.19.